The fourth-order valence-electron chi connectivity index (χ4n) is 2.99. The van der Waals surface area contributed by atoms with E-state index >= 15 is 0 Å². The van der Waals surface area contributed by atoms with Crippen LogP contribution in [-0.4, -0.2) is 25.0 Å². The number of para-hydroxylation sites is 1. The molecule has 116 valence electrons. The van der Waals surface area contributed by atoms with Crippen LogP contribution in [0.1, 0.15) is 45.1 Å². The molecule has 4 nitrogen and oxygen atoms in total. The highest BCUT2D eigenvalue weighted by atomic mass is 16.2. The largest absolute Gasteiger partial charge is 0.397 e. The van der Waals surface area contributed by atoms with Crippen molar-refractivity contribution in [3.8, 4) is 0 Å². The molecule has 0 fully saturated rings. The number of nitrogens with two attached hydrogens (primary N) is 1. The molecule has 21 heavy (non-hydrogen) atoms. The van der Waals surface area contributed by atoms with Gasteiger partial charge in [0, 0.05) is 12.6 Å². The number of anilines is 2. The molecule has 1 aliphatic rings. The van der Waals surface area contributed by atoms with Crippen molar-refractivity contribution in [2.75, 3.05) is 23.7 Å². The predicted molar refractivity (Wildman–Crippen MR) is 88.5 cm³/mol. The van der Waals surface area contributed by atoms with Crippen molar-refractivity contribution in [3.05, 3.63) is 23.8 Å². The van der Waals surface area contributed by atoms with Crippen molar-refractivity contribution >= 4 is 17.3 Å². The van der Waals surface area contributed by atoms with Gasteiger partial charge in [-0.25, -0.2) is 0 Å². The molecule has 0 saturated carbocycles. The molecule has 1 unspecified atom stereocenters. The van der Waals surface area contributed by atoms with Crippen LogP contribution in [0.3, 0.4) is 0 Å². The second-order valence-corrected chi connectivity index (χ2v) is 5.99. The molecule has 1 aromatic carbocycles. The van der Waals surface area contributed by atoms with Crippen LogP contribution in [-0.2, 0) is 11.2 Å². The molecule has 2 rings (SSSR count). The summed E-state index contributed by atoms with van der Waals surface area (Å²) in [6.07, 6.45) is 5.65. The summed E-state index contributed by atoms with van der Waals surface area (Å²) in [4.78, 5) is 14.3. The fraction of sp³-hybridized carbons (Fsp3) is 0.588. The second kappa shape index (κ2) is 7.34. The average molecular weight is 289 g/mol. The molecular formula is C17H27N3O. The van der Waals surface area contributed by atoms with Gasteiger partial charge in [-0.3, -0.25) is 4.79 Å². The molecule has 1 amide bonds. The Balaban J connectivity index is 1.85. The summed E-state index contributed by atoms with van der Waals surface area (Å²) >= 11 is 0. The SMILES string of the molecule is CCCCCC(C)NC(=O)CN1CCc2cccc(N)c21. The molecule has 1 aliphatic heterocycles. The Morgan fingerprint density at radius 3 is 3.00 bits per heavy atom. The maximum absolute atomic E-state index is 12.2. The first-order valence-corrected chi connectivity index (χ1v) is 8.03. The number of hydrogen-bond acceptors (Lipinski definition) is 3. The molecule has 1 atom stereocenters. The summed E-state index contributed by atoms with van der Waals surface area (Å²) in [6.45, 7) is 5.55. The third-order valence-corrected chi connectivity index (χ3v) is 4.10. The Morgan fingerprint density at radius 1 is 1.43 bits per heavy atom. The number of nitrogens with one attached hydrogen (secondary N) is 1. The lowest BCUT2D eigenvalue weighted by Gasteiger charge is -2.22. The number of carbonyl (C=O) groups is 1. The van der Waals surface area contributed by atoms with Crippen LogP contribution >= 0.6 is 0 Å². The van der Waals surface area contributed by atoms with Gasteiger partial charge in [0.15, 0.2) is 0 Å². The quantitative estimate of drug-likeness (QED) is 0.599. The number of nitrogen functional groups attached to an aromatic ring is 1. The molecule has 0 aromatic heterocycles. The van der Waals surface area contributed by atoms with Crippen molar-refractivity contribution in [2.24, 2.45) is 0 Å². The van der Waals surface area contributed by atoms with E-state index in [-0.39, 0.29) is 11.9 Å². The summed E-state index contributed by atoms with van der Waals surface area (Å²) in [5.74, 6) is 0.0927. The minimum absolute atomic E-state index is 0.0927. The van der Waals surface area contributed by atoms with Crippen LogP contribution in [0.25, 0.3) is 0 Å². The summed E-state index contributed by atoms with van der Waals surface area (Å²) in [7, 11) is 0. The van der Waals surface area contributed by atoms with Gasteiger partial charge in [0.25, 0.3) is 0 Å². The third-order valence-electron chi connectivity index (χ3n) is 4.10. The zero-order chi connectivity index (χ0) is 15.2. The normalized spacial score (nSPS) is 14.9. The number of nitrogens with zero attached hydrogens (tertiary/aromatic N) is 1. The minimum atomic E-state index is 0.0927. The smallest absolute Gasteiger partial charge is 0.239 e. The van der Waals surface area contributed by atoms with Crippen LogP contribution in [0.2, 0.25) is 0 Å². The Morgan fingerprint density at radius 2 is 2.24 bits per heavy atom. The lowest BCUT2D eigenvalue weighted by molar-refractivity contribution is -0.120. The monoisotopic (exact) mass is 289 g/mol. The van der Waals surface area contributed by atoms with E-state index in [4.69, 9.17) is 5.73 Å². The van der Waals surface area contributed by atoms with Crippen molar-refractivity contribution in [1.29, 1.82) is 0 Å². The van der Waals surface area contributed by atoms with E-state index in [2.05, 4.69) is 30.1 Å². The third kappa shape index (κ3) is 4.13. The van der Waals surface area contributed by atoms with Gasteiger partial charge in [-0.1, -0.05) is 38.3 Å². The van der Waals surface area contributed by atoms with Gasteiger partial charge in [0.05, 0.1) is 17.9 Å². The highest BCUT2D eigenvalue weighted by Crippen LogP contribution is 2.33. The van der Waals surface area contributed by atoms with E-state index < -0.39 is 0 Å². The number of fused-ring (bicyclic) bond motifs is 1. The maximum Gasteiger partial charge on any atom is 0.239 e. The summed E-state index contributed by atoms with van der Waals surface area (Å²) in [5, 5.41) is 3.09. The van der Waals surface area contributed by atoms with Crippen LogP contribution in [0, 0.1) is 0 Å². The molecular weight excluding hydrogens is 262 g/mol. The number of benzene rings is 1. The van der Waals surface area contributed by atoms with Gasteiger partial charge < -0.3 is 16.0 Å². The molecule has 1 aromatic rings. The summed E-state index contributed by atoms with van der Waals surface area (Å²) in [6, 6.07) is 6.23. The Kier molecular flexibility index (Phi) is 5.48. The van der Waals surface area contributed by atoms with E-state index in [0.717, 1.165) is 30.8 Å². The van der Waals surface area contributed by atoms with Gasteiger partial charge in [0.1, 0.15) is 0 Å². The van der Waals surface area contributed by atoms with Crippen molar-refractivity contribution < 1.29 is 4.79 Å². The van der Waals surface area contributed by atoms with Crippen molar-refractivity contribution in [1.82, 2.24) is 5.32 Å². The Labute approximate surface area is 127 Å². The number of hydrogen-bond donors (Lipinski definition) is 2. The van der Waals surface area contributed by atoms with Crippen LogP contribution in [0.15, 0.2) is 18.2 Å². The highest BCUT2D eigenvalue weighted by molar-refractivity contribution is 5.85. The fourth-order valence-corrected chi connectivity index (χ4v) is 2.99. The topological polar surface area (TPSA) is 58.4 Å². The van der Waals surface area contributed by atoms with Gasteiger partial charge in [-0.2, -0.15) is 0 Å². The van der Waals surface area contributed by atoms with E-state index in [1.165, 1.54) is 24.8 Å². The summed E-state index contributed by atoms with van der Waals surface area (Å²) in [5.41, 5.74) is 9.12. The van der Waals surface area contributed by atoms with Crippen molar-refractivity contribution in [2.45, 2.75) is 52.0 Å². The first kappa shape index (κ1) is 15.7. The molecule has 1 heterocycles. The molecule has 3 N–H and O–H groups in total. The Hall–Kier alpha value is -1.71. The number of carbonyl (C=O) groups excluding carboxylic acids is 1. The average Bonchev–Trinajstić information content (AvgIpc) is 2.83. The lowest BCUT2D eigenvalue weighted by Crippen LogP contribution is -2.40. The minimum Gasteiger partial charge on any atom is -0.397 e. The van der Waals surface area contributed by atoms with Gasteiger partial charge in [-0.05, 0) is 31.4 Å². The Bertz CT molecular complexity index is 487. The molecule has 4 heteroatoms. The molecule has 0 spiro atoms. The number of unbranched alkanes of at least 4 members (excludes halogenated alkanes) is 2. The lowest BCUT2D eigenvalue weighted by atomic mass is 10.1. The van der Waals surface area contributed by atoms with Crippen LogP contribution < -0.4 is 16.0 Å². The maximum atomic E-state index is 12.2. The van der Waals surface area contributed by atoms with Crippen LogP contribution in [0.4, 0.5) is 11.4 Å². The zero-order valence-corrected chi connectivity index (χ0v) is 13.2. The second-order valence-electron chi connectivity index (χ2n) is 5.99. The first-order valence-electron chi connectivity index (χ1n) is 8.03. The summed E-state index contributed by atoms with van der Waals surface area (Å²) < 4.78 is 0. The van der Waals surface area contributed by atoms with E-state index in [9.17, 15) is 4.79 Å². The van der Waals surface area contributed by atoms with Gasteiger partial charge in [-0.15, -0.1) is 0 Å². The first-order chi connectivity index (χ1) is 10.1. The zero-order valence-electron chi connectivity index (χ0n) is 13.2. The predicted octanol–water partition coefficient (Wildman–Crippen LogP) is 2.72. The van der Waals surface area contributed by atoms with Gasteiger partial charge >= 0.3 is 0 Å². The van der Waals surface area contributed by atoms with Gasteiger partial charge in [0.2, 0.25) is 5.91 Å². The van der Waals surface area contributed by atoms with E-state index in [1.807, 2.05) is 12.1 Å². The number of rotatable bonds is 7. The van der Waals surface area contributed by atoms with E-state index in [1.54, 1.807) is 0 Å². The molecule has 0 bridgehead atoms. The standard InChI is InChI=1S/C17H27N3O/c1-3-4-5-7-13(2)19-16(21)12-20-11-10-14-8-6-9-15(18)17(14)20/h6,8-9,13H,3-5,7,10-12,18H2,1-2H3,(H,19,21). The highest BCUT2D eigenvalue weighted by Gasteiger charge is 2.23. The molecule has 0 aliphatic carbocycles. The van der Waals surface area contributed by atoms with Crippen LogP contribution in [0.5, 0.6) is 0 Å². The number of amides is 1. The van der Waals surface area contributed by atoms with Crippen molar-refractivity contribution in [3.63, 3.8) is 0 Å². The molecule has 0 radical (unpaired) electrons. The molecule has 0 saturated heterocycles. The van der Waals surface area contributed by atoms with E-state index in [0.29, 0.717) is 6.54 Å².